The van der Waals surface area contributed by atoms with Gasteiger partial charge in [-0.3, -0.25) is 0 Å². The van der Waals surface area contributed by atoms with Crippen molar-refractivity contribution in [1.29, 1.82) is 0 Å². The molecule has 0 aliphatic carbocycles. The number of piperazine rings is 1. The fourth-order valence-corrected chi connectivity index (χ4v) is 4.90. The highest BCUT2D eigenvalue weighted by atomic mass is 35.5. The molecule has 1 saturated heterocycles. The van der Waals surface area contributed by atoms with E-state index in [1.54, 1.807) is 11.3 Å². The lowest BCUT2D eigenvalue weighted by atomic mass is 9.87. The number of hydrogen-bond acceptors (Lipinski definition) is 5. The Hall–Kier alpha value is -1.56. The highest BCUT2D eigenvalue weighted by molar-refractivity contribution is 7.14. The van der Waals surface area contributed by atoms with Crippen LogP contribution in [0.4, 0.5) is 0 Å². The van der Waals surface area contributed by atoms with E-state index >= 15 is 0 Å². The van der Waals surface area contributed by atoms with Gasteiger partial charge in [0, 0.05) is 43.3 Å². The van der Waals surface area contributed by atoms with E-state index in [0.717, 1.165) is 60.5 Å². The van der Waals surface area contributed by atoms with Gasteiger partial charge in [-0.1, -0.05) is 37.6 Å². The highest BCUT2D eigenvalue weighted by Gasteiger charge is 2.30. The predicted octanol–water partition coefficient (Wildman–Crippen LogP) is 4.78. The van der Waals surface area contributed by atoms with Crippen LogP contribution in [0, 0.1) is 11.8 Å². The van der Waals surface area contributed by atoms with E-state index in [9.17, 15) is 0 Å². The van der Waals surface area contributed by atoms with Crippen molar-refractivity contribution in [3.05, 3.63) is 51.6 Å². The monoisotopic (exact) mass is 402 g/mol. The van der Waals surface area contributed by atoms with Gasteiger partial charge >= 0.3 is 0 Å². The topological polar surface area (TPSA) is 30.9 Å². The predicted molar refractivity (Wildman–Crippen MR) is 116 cm³/mol. The van der Waals surface area contributed by atoms with Crippen molar-refractivity contribution in [3.63, 3.8) is 0 Å². The Kier molecular flexibility index (Phi) is 5.71. The second-order valence-corrected chi connectivity index (χ2v) is 8.98. The number of amidine groups is 1. The summed E-state index contributed by atoms with van der Waals surface area (Å²) < 4.78 is 0.810. The summed E-state index contributed by atoms with van der Waals surface area (Å²) in [6.07, 6.45) is 11.2. The van der Waals surface area contributed by atoms with Crippen molar-refractivity contribution >= 4 is 34.5 Å². The molecule has 1 fully saturated rings. The molecule has 2 unspecified atom stereocenters. The molecule has 0 radical (unpaired) electrons. The third kappa shape index (κ3) is 3.86. The Bertz CT molecular complexity index is 801. The summed E-state index contributed by atoms with van der Waals surface area (Å²) in [4.78, 5) is 9.67. The number of nitrogens with zero attached hydrogens (tertiary/aromatic N) is 3. The second-order valence-electron chi connectivity index (χ2n) is 7.44. The van der Waals surface area contributed by atoms with Gasteiger partial charge in [0.25, 0.3) is 0 Å². The van der Waals surface area contributed by atoms with E-state index in [1.165, 1.54) is 5.70 Å². The molecule has 2 atom stereocenters. The number of aliphatic imine (C=N–C) groups is 1. The van der Waals surface area contributed by atoms with Crippen LogP contribution < -0.4 is 5.32 Å². The SMILES string of the molecule is CCC1C=C2C(N3CCNCC3)=NC=C(c3csc(Cl)c3)N2C=CCC1C. The van der Waals surface area contributed by atoms with Crippen LogP contribution in [-0.4, -0.2) is 41.8 Å². The largest absolute Gasteiger partial charge is 0.352 e. The molecule has 1 aromatic rings. The minimum atomic E-state index is 0.547. The lowest BCUT2D eigenvalue weighted by Gasteiger charge is -2.38. The van der Waals surface area contributed by atoms with Gasteiger partial charge in [0.05, 0.1) is 21.9 Å². The summed E-state index contributed by atoms with van der Waals surface area (Å²) in [7, 11) is 0. The summed E-state index contributed by atoms with van der Waals surface area (Å²) in [5, 5.41) is 5.55. The van der Waals surface area contributed by atoms with Crippen LogP contribution in [0.15, 0.2) is 46.7 Å². The van der Waals surface area contributed by atoms with Gasteiger partial charge in [0.2, 0.25) is 0 Å². The Labute approximate surface area is 170 Å². The van der Waals surface area contributed by atoms with E-state index in [2.05, 4.69) is 52.7 Å². The first-order chi connectivity index (χ1) is 13.2. The molecular formula is C21H27ClN4S. The summed E-state index contributed by atoms with van der Waals surface area (Å²) in [6, 6.07) is 2.04. The molecular weight excluding hydrogens is 376 g/mol. The van der Waals surface area contributed by atoms with Gasteiger partial charge in [0.15, 0.2) is 5.84 Å². The van der Waals surface area contributed by atoms with Crippen molar-refractivity contribution in [1.82, 2.24) is 15.1 Å². The van der Waals surface area contributed by atoms with Gasteiger partial charge in [-0.05, 0) is 30.7 Å². The fraction of sp³-hybridized carbons (Fsp3) is 0.476. The summed E-state index contributed by atoms with van der Waals surface area (Å²) in [6.45, 7) is 8.64. The average molecular weight is 403 g/mol. The van der Waals surface area contributed by atoms with Gasteiger partial charge in [-0.2, -0.15) is 0 Å². The number of nitrogens with one attached hydrogen (secondary N) is 1. The molecule has 3 aliphatic heterocycles. The second kappa shape index (κ2) is 8.21. The maximum absolute atomic E-state index is 6.22. The minimum absolute atomic E-state index is 0.547. The number of allylic oxidation sites excluding steroid dienone is 2. The zero-order valence-electron chi connectivity index (χ0n) is 16.0. The molecule has 4 nitrogen and oxygen atoms in total. The maximum Gasteiger partial charge on any atom is 0.152 e. The van der Waals surface area contributed by atoms with Crippen LogP contribution in [0.25, 0.3) is 5.70 Å². The van der Waals surface area contributed by atoms with Crippen LogP contribution in [0.1, 0.15) is 32.3 Å². The van der Waals surface area contributed by atoms with Gasteiger partial charge in [0.1, 0.15) is 0 Å². The van der Waals surface area contributed by atoms with E-state index < -0.39 is 0 Å². The normalized spacial score (nSPS) is 26.0. The molecule has 1 N–H and O–H groups in total. The van der Waals surface area contributed by atoms with Crippen molar-refractivity contribution in [3.8, 4) is 0 Å². The molecule has 0 amide bonds. The first kappa shape index (κ1) is 18.8. The average Bonchev–Trinajstić information content (AvgIpc) is 3.11. The Balaban J connectivity index is 1.80. The van der Waals surface area contributed by atoms with Crippen LogP contribution in [0.3, 0.4) is 0 Å². The smallest absolute Gasteiger partial charge is 0.152 e. The van der Waals surface area contributed by atoms with Gasteiger partial charge < -0.3 is 15.1 Å². The first-order valence-electron chi connectivity index (χ1n) is 9.83. The molecule has 4 rings (SSSR count). The van der Waals surface area contributed by atoms with Crippen LogP contribution in [0.5, 0.6) is 0 Å². The zero-order valence-corrected chi connectivity index (χ0v) is 17.6. The third-order valence-corrected chi connectivity index (χ3v) is 6.76. The summed E-state index contributed by atoms with van der Waals surface area (Å²) in [5.74, 6) is 2.28. The number of hydrogen-bond donors (Lipinski definition) is 1. The van der Waals surface area contributed by atoms with E-state index in [1.807, 2.05) is 12.3 Å². The quantitative estimate of drug-likeness (QED) is 0.772. The van der Waals surface area contributed by atoms with Crippen molar-refractivity contribution in [2.24, 2.45) is 16.8 Å². The lowest BCUT2D eigenvalue weighted by Crippen LogP contribution is -2.49. The molecule has 1 aromatic heterocycles. The molecule has 4 heterocycles. The highest BCUT2D eigenvalue weighted by Crippen LogP contribution is 2.36. The molecule has 27 heavy (non-hydrogen) atoms. The third-order valence-electron chi connectivity index (χ3n) is 5.67. The zero-order chi connectivity index (χ0) is 18.8. The lowest BCUT2D eigenvalue weighted by molar-refractivity contribution is 0.349. The molecule has 0 spiro atoms. The van der Waals surface area contributed by atoms with Gasteiger partial charge in [-0.25, -0.2) is 4.99 Å². The number of rotatable bonds is 2. The first-order valence-corrected chi connectivity index (χ1v) is 11.1. The minimum Gasteiger partial charge on any atom is -0.352 e. The van der Waals surface area contributed by atoms with E-state index in [4.69, 9.17) is 16.6 Å². The molecule has 3 aliphatic rings. The molecule has 0 aromatic carbocycles. The van der Waals surface area contributed by atoms with Crippen LogP contribution in [-0.2, 0) is 0 Å². The maximum atomic E-state index is 6.22. The standard InChI is InChI=1S/C21H27ClN4S/c1-3-16-11-18-21(25-9-6-23-7-10-25)24-13-19(17-12-20(22)27-14-17)26(18)8-4-5-15(16)2/h4,8,11-16,23H,3,5-7,9-10H2,1-2H3. The molecule has 6 heteroatoms. The van der Waals surface area contributed by atoms with Crippen LogP contribution >= 0.6 is 22.9 Å². The van der Waals surface area contributed by atoms with Gasteiger partial charge in [-0.15, -0.1) is 11.3 Å². The van der Waals surface area contributed by atoms with Crippen LogP contribution in [0.2, 0.25) is 4.34 Å². The molecule has 144 valence electrons. The number of fused-ring (bicyclic) bond motifs is 1. The van der Waals surface area contributed by atoms with Crippen molar-refractivity contribution in [2.45, 2.75) is 26.7 Å². The summed E-state index contributed by atoms with van der Waals surface area (Å²) >= 11 is 7.79. The molecule has 0 bridgehead atoms. The fourth-order valence-electron chi connectivity index (χ4n) is 4.02. The van der Waals surface area contributed by atoms with E-state index in [0.29, 0.717) is 11.8 Å². The Morgan fingerprint density at radius 2 is 2.11 bits per heavy atom. The van der Waals surface area contributed by atoms with E-state index in [-0.39, 0.29) is 0 Å². The molecule has 0 saturated carbocycles. The van der Waals surface area contributed by atoms with Crippen molar-refractivity contribution in [2.75, 3.05) is 26.2 Å². The number of halogens is 1. The Morgan fingerprint density at radius 1 is 1.30 bits per heavy atom. The summed E-state index contributed by atoms with van der Waals surface area (Å²) in [5.41, 5.74) is 3.45. The Morgan fingerprint density at radius 3 is 2.81 bits per heavy atom. The van der Waals surface area contributed by atoms with Crippen molar-refractivity contribution < 1.29 is 0 Å². The number of thiophene rings is 1.